The summed E-state index contributed by atoms with van der Waals surface area (Å²) in [5.74, 6) is 1.02. The van der Waals surface area contributed by atoms with Gasteiger partial charge in [-0.05, 0) is 37.0 Å². The third-order valence-corrected chi connectivity index (χ3v) is 4.66. The molecule has 64 valence electrons. The minimum atomic E-state index is 0.821. The number of rotatable bonds is 1. The highest BCUT2D eigenvalue weighted by Crippen LogP contribution is 2.55. The molecule has 2 aliphatic rings. The Morgan fingerprint density at radius 3 is 2.27 bits per heavy atom. The van der Waals surface area contributed by atoms with Crippen molar-refractivity contribution in [2.45, 2.75) is 44.9 Å². The van der Waals surface area contributed by atoms with Gasteiger partial charge in [-0.2, -0.15) is 0 Å². The van der Waals surface area contributed by atoms with Crippen LogP contribution in [0.2, 0.25) is 0 Å². The molecule has 0 heterocycles. The van der Waals surface area contributed by atoms with E-state index >= 15 is 0 Å². The Morgan fingerprint density at radius 2 is 1.82 bits per heavy atom. The standard InChI is InChI=1S/C10H17Br/c11-8-9-4-1-2-5-10(9)6-3-7-10/h9H,1-8H2. The van der Waals surface area contributed by atoms with Crippen molar-refractivity contribution in [3.05, 3.63) is 0 Å². The van der Waals surface area contributed by atoms with Gasteiger partial charge in [0.1, 0.15) is 0 Å². The van der Waals surface area contributed by atoms with Crippen molar-refractivity contribution in [3.8, 4) is 0 Å². The van der Waals surface area contributed by atoms with Crippen molar-refractivity contribution in [1.82, 2.24) is 0 Å². The smallest absolute Gasteiger partial charge is 0.00649 e. The summed E-state index contributed by atoms with van der Waals surface area (Å²) >= 11 is 3.66. The molecule has 0 bridgehead atoms. The third-order valence-electron chi connectivity index (χ3n) is 3.88. The zero-order valence-electron chi connectivity index (χ0n) is 7.11. The van der Waals surface area contributed by atoms with Crippen molar-refractivity contribution in [2.24, 2.45) is 11.3 Å². The zero-order valence-corrected chi connectivity index (χ0v) is 8.70. The van der Waals surface area contributed by atoms with Gasteiger partial charge >= 0.3 is 0 Å². The summed E-state index contributed by atoms with van der Waals surface area (Å²) in [7, 11) is 0. The van der Waals surface area contributed by atoms with Crippen LogP contribution >= 0.6 is 15.9 Å². The Kier molecular flexibility index (Phi) is 2.27. The first-order valence-electron chi connectivity index (χ1n) is 4.93. The summed E-state index contributed by atoms with van der Waals surface area (Å²) in [6.07, 6.45) is 10.6. The highest BCUT2D eigenvalue weighted by molar-refractivity contribution is 9.09. The summed E-state index contributed by atoms with van der Waals surface area (Å²) in [5.41, 5.74) is 0.821. The maximum Gasteiger partial charge on any atom is 0.00649 e. The number of hydrogen-bond acceptors (Lipinski definition) is 0. The fourth-order valence-corrected chi connectivity index (χ4v) is 3.92. The molecule has 11 heavy (non-hydrogen) atoms. The van der Waals surface area contributed by atoms with E-state index in [1.807, 2.05) is 0 Å². The number of hydrogen-bond donors (Lipinski definition) is 0. The van der Waals surface area contributed by atoms with E-state index in [1.54, 1.807) is 0 Å². The molecule has 1 atom stereocenters. The first kappa shape index (κ1) is 8.10. The van der Waals surface area contributed by atoms with Gasteiger partial charge in [0.15, 0.2) is 0 Å². The molecule has 1 spiro atoms. The van der Waals surface area contributed by atoms with E-state index < -0.39 is 0 Å². The van der Waals surface area contributed by atoms with Crippen molar-refractivity contribution in [1.29, 1.82) is 0 Å². The first-order valence-corrected chi connectivity index (χ1v) is 6.05. The van der Waals surface area contributed by atoms with Gasteiger partial charge in [0.25, 0.3) is 0 Å². The van der Waals surface area contributed by atoms with Crippen LogP contribution in [0.5, 0.6) is 0 Å². The molecule has 0 aromatic rings. The summed E-state index contributed by atoms with van der Waals surface area (Å²) in [6, 6.07) is 0. The molecule has 0 radical (unpaired) electrons. The van der Waals surface area contributed by atoms with Crippen molar-refractivity contribution >= 4 is 15.9 Å². The van der Waals surface area contributed by atoms with Crippen LogP contribution in [-0.4, -0.2) is 5.33 Å². The molecule has 2 aliphatic carbocycles. The van der Waals surface area contributed by atoms with Crippen molar-refractivity contribution in [3.63, 3.8) is 0 Å². The average molecular weight is 217 g/mol. The predicted octanol–water partition coefficient (Wildman–Crippen LogP) is 3.74. The van der Waals surface area contributed by atoms with Gasteiger partial charge in [-0.15, -0.1) is 0 Å². The van der Waals surface area contributed by atoms with Crippen LogP contribution in [0.3, 0.4) is 0 Å². The van der Waals surface area contributed by atoms with E-state index in [9.17, 15) is 0 Å². The SMILES string of the molecule is BrCC1CCCCC12CCC2. The van der Waals surface area contributed by atoms with E-state index in [4.69, 9.17) is 0 Å². The second-order valence-corrected chi connectivity index (χ2v) is 4.96. The minimum Gasteiger partial charge on any atom is -0.0925 e. The lowest BCUT2D eigenvalue weighted by atomic mass is 9.56. The largest absolute Gasteiger partial charge is 0.0925 e. The molecule has 0 aromatic carbocycles. The van der Waals surface area contributed by atoms with E-state index in [-0.39, 0.29) is 0 Å². The van der Waals surface area contributed by atoms with E-state index in [0.717, 1.165) is 11.3 Å². The molecular weight excluding hydrogens is 200 g/mol. The van der Waals surface area contributed by atoms with E-state index in [2.05, 4.69) is 15.9 Å². The van der Waals surface area contributed by atoms with Gasteiger partial charge in [-0.1, -0.05) is 35.2 Å². The van der Waals surface area contributed by atoms with Crippen LogP contribution in [0.15, 0.2) is 0 Å². The lowest BCUT2D eigenvalue weighted by molar-refractivity contribution is 0.0204. The van der Waals surface area contributed by atoms with Crippen LogP contribution in [0.25, 0.3) is 0 Å². The number of halogens is 1. The lowest BCUT2D eigenvalue weighted by Gasteiger charge is -2.50. The highest BCUT2D eigenvalue weighted by atomic mass is 79.9. The summed E-state index contributed by atoms with van der Waals surface area (Å²) in [5, 5.41) is 1.26. The molecule has 2 saturated carbocycles. The quantitative estimate of drug-likeness (QED) is 0.587. The van der Waals surface area contributed by atoms with E-state index in [1.165, 1.54) is 50.3 Å². The Bertz CT molecular complexity index is 138. The Balaban J connectivity index is 2.02. The summed E-state index contributed by atoms with van der Waals surface area (Å²) < 4.78 is 0. The van der Waals surface area contributed by atoms with Crippen LogP contribution in [0.1, 0.15) is 44.9 Å². The van der Waals surface area contributed by atoms with Gasteiger partial charge in [0.2, 0.25) is 0 Å². The van der Waals surface area contributed by atoms with Crippen molar-refractivity contribution < 1.29 is 0 Å². The lowest BCUT2D eigenvalue weighted by Crippen LogP contribution is -2.40. The molecule has 0 amide bonds. The molecule has 0 N–H and O–H groups in total. The number of alkyl halides is 1. The van der Waals surface area contributed by atoms with Crippen LogP contribution in [-0.2, 0) is 0 Å². The molecule has 0 nitrogen and oxygen atoms in total. The molecule has 2 fully saturated rings. The van der Waals surface area contributed by atoms with Gasteiger partial charge < -0.3 is 0 Å². The maximum atomic E-state index is 3.66. The monoisotopic (exact) mass is 216 g/mol. The van der Waals surface area contributed by atoms with Gasteiger partial charge in [0, 0.05) is 5.33 Å². The molecule has 1 unspecified atom stereocenters. The first-order chi connectivity index (χ1) is 5.37. The Morgan fingerprint density at radius 1 is 1.09 bits per heavy atom. The molecule has 0 aliphatic heterocycles. The molecule has 0 saturated heterocycles. The maximum absolute atomic E-state index is 3.66. The minimum absolute atomic E-state index is 0.821. The van der Waals surface area contributed by atoms with Crippen LogP contribution in [0.4, 0.5) is 0 Å². The van der Waals surface area contributed by atoms with Gasteiger partial charge in [-0.3, -0.25) is 0 Å². The van der Waals surface area contributed by atoms with Crippen LogP contribution in [0, 0.1) is 11.3 Å². The van der Waals surface area contributed by atoms with Gasteiger partial charge in [0.05, 0.1) is 0 Å². The Hall–Kier alpha value is 0.480. The van der Waals surface area contributed by atoms with Crippen molar-refractivity contribution in [2.75, 3.05) is 5.33 Å². The Labute approximate surface area is 77.9 Å². The fraction of sp³-hybridized carbons (Fsp3) is 1.00. The van der Waals surface area contributed by atoms with Crippen LogP contribution < -0.4 is 0 Å². The average Bonchev–Trinajstić information content (AvgIpc) is 2.01. The second kappa shape index (κ2) is 3.08. The summed E-state index contributed by atoms with van der Waals surface area (Å²) in [6.45, 7) is 0. The molecule has 1 heteroatoms. The molecule has 0 aromatic heterocycles. The highest BCUT2D eigenvalue weighted by Gasteiger charge is 2.44. The molecule has 2 rings (SSSR count). The fourth-order valence-electron chi connectivity index (χ4n) is 2.91. The normalized spacial score (nSPS) is 35.2. The zero-order chi connectivity index (χ0) is 7.73. The molecular formula is C10H17Br. The third kappa shape index (κ3) is 1.26. The predicted molar refractivity (Wildman–Crippen MR) is 52.0 cm³/mol. The topological polar surface area (TPSA) is 0 Å². The van der Waals surface area contributed by atoms with Gasteiger partial charge in [-0.25, -0.2) is 0 Å². The second-order valence-electron chi connectivity index (χ2n) is 4.31. The summed E-state index contributed by atoms with van der Waals surface area (Å²) in [4.78, 5) is 0. The van der Waals surface area contributed by atoms with E-state index in [0.29, 0.717) is 0 Å².